The molecule has 1 aliphatic rings. The van der Waals surface area contributed by atoms with Crippen LogP contribution in [0.5, 0.6) is 11.5 Å². The van der Waals surface area contributed by atoms with Crippen LogP contribution >= 0.6 is 23.2 Å². The van der Waals surface area contributed by atoms with Crippen LogP contribution in [0.25, 0.3) is 11.4 Å². The number of rotatable bonds is 7. The highest BCUT2D eigenvalue weighted by Crippen LogP contribution is 2.47. The lowest BCUT2D eigenvalue weighted by molar-refractivity contribution is -0.116. The second-order valence-corrected chi connectivity index (χ2v) is 8.61. The van der Waals surface area contributed by atoms with Gasteiger partial charge in [-0.05, 0) is 31.3 Å². The van der Waals surface area contributed by atoms with Crippen molar-refractivity contribution in [2.45, 2.75) is 31.7 Å². The van der Waals surface area contributed by atoms with Gasteiger partial charge in [-0.15, -0.1) is 0 Å². The van der Waals surface area contributed by atoms with Crippen molar-refractivity contribution in [3.8, 4) is 22.9 Å². The van der Waals surface area contributed by atoms with Crippen LogP contribution in [0.15, 0.2) is 24.9 Å². The number of fused-ring (bicyclic) bond motifs is 1. The van der Waals surface area contributed by atoms with Gasteiger partial charge in [-0.25, -0.2) is 0 Å². The van der Waals surface area contributed by atoms with E-state index >= 15 is 0 Å². The van der Waals surface area contributed by atoms with Crippen LogP contribution in [-0.4, -0.2) is 40.1 Å². The summed E-state index contributed by atoms with van der Waals surface area (Å²) in [6.07, 6.45) is 5.29. The number of carbonyl (C=O) groups is 1. The number of amides is 1. The Bertz CT molecular complexity index is 1190. The maximum atomic E-state index is 11.6. The number of halogens is 2. The quantitative estimate of drug-likeness (QED) is 0.484. The van der Waals surface area contributed by atoms with Crippen molar-refractivity contribution in [2.75, 3.05) is 14.2 Å². The molecule has 1 aromatic carbocycles. The first-order valence-electron chi connectivity index (χ1n) is 10.5. The summed E-state index contributed by atoms with van der Waals surface area (Å²) < 4.78 is 12.6. The predicted octanol–water partition coefficient (Wildman–Crippen LogP) is 4.21. The normalized spacial score (nSPS) is 15.1. The van der Waals surface area contributed by atoms with E-state index < -0.39 is 0 Å². The molecule has 2 N–H and O–H groups in total. The average Bonchev–Trinajstić information content (AvgIpc) is 3.39. The third kappa shape index (κ3) is 4.20. The Morgan fingerprint density at radius 3 is 2.67 bits per heavy atom. The Hall–Kier alpha value is -2.97. The minimum Gasteiger partial charge on any atom is -0.495 e. The van der Waals surface area contributed by atoms with Gasteiger partial charge in [0.2, 0.25) is 5.91 Å². The van der Waals surface area contributed by atoms with E-state index in [4.69, 9.17) is 32.7 Å². The molecule has 1 atom stereocenters. The third-order valence-electron chi connectivity index (χ3n) is 6.04. The van der Waals surface area contributed by atoms with Crippen LogP contribution in [0.2, 0.25) is 10.0 Å². The van der Waals surface area contributed by atoms with Gasteiger partial charge < -0.3 is 14.8 Å². The summed E-state index contributed by atoms with van der Waals surface area (Å²) in [5.41, 5.74) is 5.57. The zero-order chi connectivity index (χ0) is 23.7. The van der Waals surface area contributed by atoms with Crippen molar-refractivity contribution in [3.63, 3.8) is 0 Å². The van der Waals surface area contributed by atoms with Gasteiger partial charge in [-0.3, -0.25) is 14.6 Å². The van der Waals surface area contributed by atoms with Crippen LogP contribution in [0, 0.1) is 0 Å². The van der Waals surface area contributed by atoms with Crippen molar-refractivity contribution in [1.82, 2.24) is 25.3 Å². The number of ether oxygens (including phenoxy) is 2. The molecule has 2 heterocycles. The van der Waals surface area contributed by atoms with Crippen LogP contribution in [0.3, 0.4) is 0 Å². The van der Waals surface area contributed by atoms with Crippen molar-refractivity contribution < 1.29 is 14.3 Å². The fraction of sp³-hybridized carbons (Fsp3) is 0.348. The summed E-state index contributed by atoms with van der Waals surface area (Å²) in [7, 11) is 5.01. The van der Waals surface area contributed by atoms with Crippen molar-refractivity contribution in [1.29, 1.82) is 0 Å². The van der Waals surface area contributed by atoms with Gasteiger partial charge in [0.05, 0.1) is 36.2 Å². The average molecular weight is 490 g/mol. The molecule has 174 valence electrons. The zero-order valence-electron chi connectivity index (χ0n) is 18.7. The maximum Gasteiger partial charge on any atom is 0.243 e. The molecule has 1 amide bonds. The molecule has 0 saturated heterocycles. The summed E-state index contributed by atoms with van der Waals surface area (Å²) in [5, 5.41) is 16.0. The molecule has 0 aliphatic heterocycles. The predicted molar refractivity (Wildman–Crippen MR) is 127 cm³/mol. The molecule has 2 aromatic heterocycles. The van der Waals surface area contributed by atoms with Gasteiger partial charge in [0.1, 0.15) is 17.2 Å². The number of aromatic amines is 1. The number of hydrogen-bond donors (Lipinski definition) is 2. The van der Waals surface area contributed by atoms with Gasteiger partial charge in [-0.2, -0.15) is 10.2 Å². The summed E-state index contributed by atoms with van der Waals surface area (Å²) in [4.78, 5) is 11.6. The van der Waals surface area contributed by atoms with E-state index in [9.17, 15) is 4.79 Å². The summed E-state index contributed by atoms with van der Waals surface area (Å²) in [5.74, 6) is 0.905. The molecule has 0 bridgehead atoms. The number of carbonyl (C=O) groups excluding carboxylic acids is 1. The monoisotopic (exact) mass is 489 g/mol. The van der Waals surface area contributed by atoms with Gasteiger partial charge in [0, 0.05) is 42.0 Å². The Morgan fingerprint density at radius 2 is 2.03 bits per heavy atom. The molecule has 0 spiro atoms. The lowest BCUT2D eigenvalue weighted by atomic mass is 9.81. The van der Waals surface area contributed by atoms with Crippen LogP contribution in [0.4, 0.5) is 0 Å². The van der Waals surface area contributed by atoms with E-state index in [1.807, 2.05) is 7.05 Å². The standard InChI is InChI=1S/C23H25Cl2N5O3/c1-5-18(31)26-10-13-11-27-30(2)23(13)22-14-7-6-12(8-15(14)28-29-22)19-20(24)16(32-3)9-17(33-4)21(19)25/h5,9,11-12H,1,6-8,10H2,2-4H3,(H,26,31)(H,28,29). The Balaban J connectivity index is 1.67. The SMILES string of the molecule is C=CC(=O)NCc1cnn(C)c1-c1n[nH]c2c1CCC(c1c(Cl)c(OC)cc(OC)c1Cl)C2. The first kappa shape index (κ1) is 23.2. The smallest absolute Gasteiger partial charge is 0.243 e. The number of aryl methyl sites for hydroxylation is 1. The molecule has 1 unspecified atom stereocenters. The second-order valence-electron chi connectivity index (χ2n) is 7.86. The molecular weight excluding hydrogens is 465 g/mol. The number of hydrogen-bond acceptors (Lipinski definition) is 5. The second kappa shape index (κ2) is 9.49. The number of methoxy groups -OCH3 is 2. The largest absolute Gasteiger partial charge is 0.495 e. The molecule has 10 heteroatoms. The molecule has 0 radical (unpaired) electrons. The van der Waals surface area contributed by atoms with Gasteiger partial charge in [0.25, 0.3) is 0 Å². The molecule has 4 rings (SSSR count). The van der Waals surface area contributed by atoms with Crippen LogP contribution < -0.4 is 14.8 Å². The Morgan fingerprint density at radius 1 is 1.33 bits per heavy atom. The van der Waals surface area contributed by atoms with E-state index in [1.54, 1.807) is 31.2 Å². The van der Waals surface area contributed by atoms with Crippen LogP contribution in [0.1, 0.15) is 34.7 Å². The highest BCUT2D eigenvalue weighted by molar-refractivity contribution is 6.38. The number of benzene rings is 1. The summed E-state index contributed by atoms with van der Waals surface area (Å²) in [6.45, 7) is 3.83. The Labute approximate surface area is 201 Å². The van der Waals surface area contributed by atoms with E-state index in [1.165, 1.54) is 6.08 Å². The third-order valence-corrected chi connectivity index (χ3v) is 6.82. The molecule has 3 aromatic rings. The fourth-order valence-electron chi connectivity index (χ4n) is 4.38. The number of aromatic nitrogens is 4. The zero-order valence-corrected chi connectivity index (χ0v) is 20.2. The molecule has 8 nitrogen and oxygen atoms in total. The van der Waals surface area contributed by atoms with Crippen molar-refractivity contribution >= 4 is 29.1 Å². The fourth-order valence-corrected chi connectivity index (χ4v) is 5.19. The molecule has 0 fully saturated rings. The minimum absolute atomic E-state index is 0.0766. The van der Waals surface area contributed by atoms with Crippen molar-refractivity contribution in [2.24, 2.45) is 7.05 Å². The first-order valence-corrected chi connectivity index (χ1v) is 11.2. The number of nitrogens with one attached hydrogen (secondary N) is 2. The topological polar surface area (TPSA) is 94.1 Å². The lowest BCUT2D eigenvalue weighted by Gasteiger charge is -2.26. The van der Waals surface area contributed by atoms with E-state index in [0.717, 1.165) is 46.6 Å². The highest BCUT2D eigenvalue weighted by Gasteiger charge is 2.31. The molecule has 0 saturated carbocycles. The van der Waals surface area contributed by atoms with E-state index in [0.29, 0.717) is 34.5 Å². The van der Waals surface area contributed by atoms with Gasteiger partial charge >= 0.3 is 0 Å². The number of H-pyrrole nitrogens is 1. The summed E-state index contributed by atoms with van der Waals surface area (Å²) in [6, 6.07) is 1.70. The van der Waals surface area contributed by atoms with E-state index in [-0.39, 0.29) is 11.8 Å². The van der Waals surface area contributed by atoms with Crippen LogP contribution in [-0.2, 0) is 31.2 Å². The Kier molecular flexibility index (Phi) is 6.67. The molecular formula is C23H25Cl2N5O3. The van der Waals surface area contributed by atoms with Crippen molar-refractivity contribution in [3.05, 3.63) is 57.3 Å². The van der Waals surface area contributed by atoms with Gasteiger partial charge in [0.15, 0.2) is 0 Å². The molecule has 33 heavy (non-hydrogen) atoms. The van der Waals surface area contributed by atoms with E-state index in [2.05, 4.69) is 27.2 Å². The number of nitrogens with zero attached hydrogens (tertiary/aromatic N) is 3. The van der Waals surface area contributed by atoms with Gasteiger partial charge in [-0.1, -0.05) is 29.8 Å². The first-order chi connectivity index (χ1) is 15.9. The lowest BCUT2D eigenvalue weighted by Crippen LogP contribution is -2.20. The highest BCUT2D eigenvalue weighted by atomic mass is 35.5. The molecule has 1 aliphatic carbocycles. The minimum atomic E-state index is -0.237. The summed E-state index contributed by atoms with van der Waals surface area (Å²) >= 11 is 13.3. The maximum absolute atomic E-state index is 11.6.